The van der Waals surface area contributed by atoms with Gasteiger partial charge in [0.15, 0.2) is 11.6 Å². The summed E-state index contributed by atoms with van der Waals surface area (Å²) in [5.41, 5.74) is 10.1. The first-order chi connectivity index (χ1) is 26.7. The fraction of sp³-hybridized carbons (Fsp3) is 0. The Hall–Kier alpha value is -7.94. The quantitative estimate of drug-likeness (QED) is 0.178. The number of aromatic nitrogens is 6. The zero-order valence-electron chi connectivity index (χ0n) is 28.6. The van der Waals surface area contributed by atoms with Gasteiger partial charge >= 0.3 is 0 Å². The lowest BCUT2D eigenvalue weighted by Gasteiger charge is -2.21. The zero-order chi connectivity index (χ0) is 36.2. The maximum absolute atomic E-state index is 10.7. The first-order valence-corrected chi connectivity index (χ1v) is 17.4. The predicted octanol–water partition coefficient (Wildman–Crippen LogP) is 10.2. The van der Waals surface area contributed by atoms with E-state index in [1.54, 1.807) is 24.8 Å². The van der Waals surface area contributed by atoms with Crippen LogP contribution in [0.25, 0.3) is 88.9 Å². The molecule has 0 aliphatic rings. The molecule has 0 aliphatic carbocycles. The van der Waals surface area contributed by atoms with E-state index in [-0.39, 0.29) is 0 Å². The summed E-state index contributed by atoms with van der Waals surface area (Å²) >= 11 is 0. The van der Waals surface area contributed by atoms with Crippen molar-refractivity contribution in [1.82, 2.24) is 29.1 Å². The molecule has 0 atom stereocenters. The Labute approximate surface area is 309 Å². The molecule has 0 saturated heterocycles. The Morgan fingerprint density at radius 3 is 1.37 bits per heavy atom. The van der Waals surface area contributed by atoms with E-state index in [0.717, 1.165) is 77.2 Å². The molecule has 0 fully saturated rings. The Morgan fingerprint density at radius 1 is 0.389 bits per heavy atom. The zero-order valence-corrected chi connectivity index (χ0v) is 28.6. The second kappa shape index (κ2) is 12.4. The monoisotopic (exact) mass is 690 g/mol. The molecule has 10 rings (SSSR count). The summed E-state index contributed by atoms with van der Waals surface area (Å²) in [6, 6.07) is 49.2. The van der Waals surface area contributed by atoms with E-state index in [1.165, 1.54) is 0 Å². The lowest BCUT2D eigenvalue weighted by atomic mass is 9.96. The van der Waals surface area contributed by atoms with Crippen molar-refractivity contribution in [1.29, 1.82) is 10.5 Å². The van der Waals surface area contributed by atoms with Gasteiger partial charge in [-0.15, -0.1) is 0 Å². The van der Waals surface area contributed by atoms with Crippen LogP contribution in [-0.4, -0.2) is 29.1 Å². The average Bonchev–Trinajstić information content (AvgIpc) is 3.76. The van der Waals surface area contributed by atoms with Crippen molar-refractivity contribution < 1.29 is 0 Å². The standard InChI is InChI=1S/C46H26N8/c47-27-29-8-5-9-31(22-29)44-42(53-38-12-3-1-10-34(38)36-25-32(14-16-40(36)53)45-49-18-6-19-50-45)23-30(28-48)24-43(44)54-39-13-4-2-11-35(39)37-26-33(15-17-41(37)54)46-51-20-7-21-52-46/h1-26H. The van der Waals surface area contributed by atoms with Crippen LogP contribution in [0, 0.1) is 22.7 Å². The van der Waals surface area contributed by atoms with Crippen LogP contribution in [0.1, 0.15) is 11.1 Å². The molecular weight excluding hydrogens is 665 g/mol. The minimum atomic E-state index is 0.501. The molecule has 4 aromatic heterocycles. The number of hydrogen-bond acceptors (Lipinski definition) is 6. The molecule has 0 radical (unpaired) electrons. The Bertz CT molecular complexity index is 3000. The third-order valence-electron chi connectivity index (χ3n) is 9.98. The normalized spacial score (nSPS) is 11.3. The number of nitriles is 2. The van der Waals surface area contributed by atoms with Gasteiger partial charge in [-0.05, 0) is 90.5 Å². The van der Waals surface area contributed by atoms with Crippen LogP contribution in [0.4, 0.5) is 0 Å². The summed E-state index contributed by atoms with van der Waals surface area (Å²) in [5, 5.41) is 24.9. The third-order valence-corrected chi connectivity index (χ3v) is 9.98. The van der Waals surface area contributed by atoms with Crippen molar-refractivity contribution in [3.05, 3.63) is 169 Å². The van der Waals surface area contributed by atoms with E-state index >= 15 is 0 Å². The van der Waals surface area contributed by atoms with Crippen molar-refractivity contribution in [3.8, 4) is 57.4 Å². The molecule has 6 aromatic carbocycles. The predicted molar refractivity (Wildman–Crippen MR) is 212 cm³/mol. The minimum Gasteiger partial charge on any atom is -0.308 e. The van der Waals surface area contributed by atoms with Crippen molar-refractivity contribution in [2.45, 2.75) is 0 Å². The van der Waals surface area contributed by atoms with Gasteiger partial charge in [0.1, 0.15) is 0 Å². The molecule has 250 valence electrons. The van der Waals surface area contributed by atoms with Crippen LogP contribution in [0.15, 0.2) is 158 Å². The number of rotatable bonds is 5. The largest absolute Gasteiger partial charge is 0.308 e. The van der Waals surface area contributed by atoms with Gasteiger partial charge in [0.2, 0.25) is 0 Å². The summed E-state index contributed by atoms with van der Waals surface area (Å²) in [5.74, 6) is 1.29. The number of fused-ring (bicyclic) bond motifs is 6. The van der Waals surface area contributed by atoms with Crippen molar-refractivity contribution in [2.24, 2.45) is 0 Å². The number of hydrogen-bond donors (Lipinski definition) is 0. The SMILES string of the molecule is N#Cc1cccc(-c2c(-n3c4ccccc4c4cc(-c5ncccn5)ccc43)cc(C#N)cc2-n2c3ccccc3c3cc(-c4ncccn4)ccc32)c1. The fourth-order valence-corrected chi connectivity index (χ4v) is 7.71. The molecule has 0 N–H and O–H groups in total. The van der Waals surface area contributed by atoms with Gasteiger partial charge in [-0.1, -0.05) is 48.5 Å². The molecule has 54 heavy (non-hydrogen) atoms. The maximum atomic E-state index is 10.7. The molecule has 10 aromatic rings. The van der Waals surface area contributed by atoms with Crippen LogP contribution in [-0.2, 0) is 0 Å². The molecule has 0 spiro atoms. The van der Waals surface area contributed by atoms with Crippen LogP contribution in [0.5, 0.6) is 0 Å². The van der Waals surface area contributed by atoms with E-state index in [0.29, 0.717) is 22.8 Å². The van der Waals surface area contributed by atoms with Crippen molar-refractivity contribution in [2.75, 3.05) is 0 Å². The summed E-state index contributed by atoms with van der Waals surface area (Å²) in [6.45, 7) is 0. The van der Waals surface area contributed by atoms with E-state index in [2.05, 4.69) is 89.7 Å². The molecule has 0 amide bonds. The Balaban J connectivity index is 1.34. The van der Waals surface area contributed by atoms with Crippen LogP contribution in [0.2, 0.25) is 0 Å². The van der Waals surface area contributed by atoms with Gasteiger partial charge in [-0.3, -0.25) is 0 Å². The van der Waals surface area contributed by atoms with Crippen LogP contribution in [0.3, 0.4) is 0 Å². The van der Waals surface area contributed by atoms with Gasteiger partial charge in [0, 0.05) is 63.0 Å². The average molecular weight is 691 g/mol. The number of nitrogens with zero attached hydrogens (tertiary/aromatic N) is 8. The van der Waals surface area contributed by atoms with Gasteiger partial charge in [0.05, 0.1) is 56.7 Å². The van der Waals surface area contributed by atoms with E-state index < -0.39 is 0 Å². The van der Waals surface area contributed by atoms with Gasteiger partial charge in [0.25, 0.3) is 0 Å². The highest BCUT2D eigenvalue weighted by molar-refractivity contribution is 6.13. The second-order valence-electron chi connectivity index (χ2n) is 13.0. The van der Waals surface area contributed by atoms with Gasteiger partial charge < -0.3 is 9.13 Å². The molecule has 4 heterocycles. The highest BCUT2D eigenvalue weighted by atomic mass is 15.0. The second-order valence-corrected chi connectivity index (χ2v) is 13.0. The Kier molecular flexibility index (Phi) is 7.07. The van der Waals surface area contributed by atoms with E-state index in [1.807, 2.05) is 84.9 Å². The molecule has 0 unspecified atom stereocenters. The lowest BCUT2D eigenvalue weighted by molar-refractivity contribution is 1.13. The smallest absolute Gasteiger partial charge is 0.159 e. The summed E-state index contributed by atoms with van der Waals surface area (Å²) in [7, 11) is 0. The number of para-hydroxylation sites is 2. The lowest BCUT2D eigenvalue weighted by Crippen LogP contribution is -2.05. The summed E-state index contributed by atoms with van der Waals surface area (Å²) in [4.78, 5) is 18.1. The first kappa shape index (κ1) is 30.8. The highest BCUT2D eigenvalue weighted by Gasteiger charge is 2.24. The number of benzene rings is 6. The fourth-order valence-electron chi connectivity index (χ4n) is 7.71. The van der Waals surface area contributed by atoms with Gasteiger partial charge in [-0.25, -0.2) is 19.9 Å². The van der Waals surface area contributed by atoms with Crippen molar-refractivity contribution >= 4 is 43.6 Å². The third kappa shape index (κ3) is 4.83. The van der Waals surface area contributed by atoms with E-state index in [4.69, 9.17) is 0 Å². The van der Waals surface area contributed by atoms with Crippen LogP contribution < -0.4 is 0 Å². The maximum Gasteiger partial charge on any atom is 0.159 e. The van der Waals surface area contributed by atoms with Gasteiger partial charge in [-0.2, -0.15) is 10.5 Å². The van der Waals surface area contributed by atoms with Crippen molar-refractivity contribution in [3.63, 3.8) is 0 Å². The molecule has 0 bridgehead atoms. The molecular formula is C46H26N8. The highest BCUT2D eigenvalue weighted by Crippen LogP contribution is 2.43. The summed E-state index contributed by atoms with van der Waals surface area (Å²) < 4.78 is 4.47. The van der Waals surface area contributed by atoms with E-state index in [9.17, 15) is 10.5 Å². The minimum absolute atomic E-state index is 0.501. The summed E-state index contributed by atoms with van der Waals surface area (Å²) in [6.07, 6.45) is 6.99. The molecule has 8 nitrogen and oxygen atoms in total. The molecule has 0 aliphatic heterocycles. The molecule has 0 saturated carbocycles. The van der Waals surface area contributed by atoms with Crippen LogP contribution >= 0.6 is 0 Å². The molecule has 8 heteroatoms. The Morgan fingerprint density at radius 2 is 0.870 bits per heavy atom. The first-order valence-electron chi connectivity index (χ1n) is 17.4. The topological polar surface area (TPSA) is 109 Å².